The van der Waals surface area contributed by atoms with Crippen LogP contribution in [0.3, 0.4) is 0 Å². The van der Waals surface area contributed by atoms with Gasteiger partial charge in [0.05, 0.1) is 5.56 Å². The van der Waals surface area contributed by atoms with E-state index in [9.17, 15) is 19.8 Å². The highest BCUT2D eigenvalue weighted by atomic mass is 16.5. The van der Waals surface area contributed by atoms with E-state index in [1.807, 2.05) is 12.1 Å². The van der Waals surface area contributed by atoms with Crippen molar-refractivity contribution in [1.29, 1.82) is 0 Å². The molecule has 204 valence electrons. The Hall–Kier alpha value is -4.52. The summed E-state index contributed by atoms with van der Waals surface area (Å²) in [7, 11) is 0. The Morgan fingerprint density at radius 2 is 1.18 bits per heavy atom. The molecule has 40 heavy (non-hydrogen) atoms. The zero-order chi connectivity index (χ0) is 28.6. The maximum Gasteiger partial charge on any atom is 0.338 e. The standard InChI is InChI=1S/C34H32O6/c1-3-23-39-31(35)25-15-19-29(20-16-25)33(37,27-11-7-5-8-12-27)34(38,28-13-9-6-10-14-28)30-21-17-26(18-22-30)32(36)40-24-4-2/h3-17,19-21,37-38H,1-2,18,22-24H2. The fourth-order valence-corrected chi connectivity index (χ4v) is 4.97. The molecule has 0 amide bonds. The summed E-state index contributed by atoms with van der Waals surface area (Å²) in [5.74, 6) is -0.972. The van der Waals surface area contributed by atoms with E-state index in [4.69, 9.17) is 9.47 Å². The van der Waals surface area contributed by atoms with Gasteiger partial charge in [0.15, 0.2) is 5.60 Å². The average Bonchev–Trinajstić information content (AvgIpc) is 3.02. The van der Waals surface area contributed by atoms with Crippen LogP contribution in [0.4, 0.5) is 0 Å². The molecule has 0 heterocycles. The minimum atomic E-state index is -1.99. The summed E-state index contributed by atoms with van der Waals surface area (Å²) in [5, 5.41) is 25.6. The molecule has 0 aliphatic heterocycles. The van der Waals surface area contributed by atoms with Gasteiger partial charge in [0.25, 0.3) is 0 Å². The first kappa shape index (κ1) is 28.5. The second-order valence-corrected chi connectivity index (χ2v) is 9.39. The lowest BCUT2D eigenvalue weighted by Gasteiger charge is -2.47. The Morgan fingerprint density at radius 3 is 1.68 bits per heavy atom. The maximum absolute atomic E-state index is 12.8. The summed E-state index contributed by atoms with van der Waals surface area (Å²) in [5.41, 5.74) is -1.38. The predicted octanol–water partition coefficient (Wildman–Crippen LogP) is 5.53. The molecule has 4 rings (SSSR count). The van der Waals surface area contributed by atoms with Crippen LogP contribution in [0.15, 0.2) is 134 Å². The third-order valence-corrected chi connectivity index (χ3v) is 6.99. The largest absolute Gasteiger partial charge is 0.458 e. The van der Waals surface area contributed by atoms with Gasteiger partial charge in [-0.2, -0.15) is 0 Å². The molecule has 0 saturated heterocycles. The monoisotopic (exact) mass is 536 g/mol. The van der Waals surface area contributed by atoms with Crippen LogP contribution >= 0.6 is 0 Å². The molecule has 2 N–H and O–H groups in total. The summed E-state index contributed by atoms with van der Waals surface area (Å²) < 4.78 is 10.3. The van der Waals surface area contributed by atoms with Gasteiger partial charge in [0, 0.05) is 5.57 Å². The second-order valence-electron chi connectivity index (χ2n) is 9.39. The van der Waals surface area contributed by atoms with Crippen molar-refractivity contribution >= 4 is 11.9 Å². The molecule has 0 radical (unpaired) electrons. The Kier molecular flexibility index (Phi) is 8.94. The zero-order valence-corrected chi connectivity index (χ0v) is 22.2. The molecule has 1 aliphatic carbocycles. The molecule has 1 aliphatic rings. The first-order valence-electron chi connectivity index (χ1n) is 13.0. The van der Waals surface area contributed by atoms with E-state index in [0.717, 1.165) is 0 Å². The molecule has 0 spiro atoms. The van der Waals surface area contributed by atoms with E-state index < -0.39 is 23.1 Å². The van der Waals surface area contributed by atoms with Gasteiger partial charge in [-0.1, -0.05) is 110 Å². The lowest BCUT2D eigenvalue weighted by Crippen LogP contribution is -2.52. The predicted molar refractivity (Wildman–Crippen MR) is 153 cm³/mol. The summed E-state index contributed by atoms with van der Waals surface area (Å²) in [6, 6.07) is 24.2. The Morgan fingerprint density at radius 1 is 0.675 bits per heavy atom. The highest BCUT2D eigenvalue weighted by Gasteiger charge is 2.55. The van der Waals surface area contributed by atoms with Gasteiger partial charge < -0.3 is 19.7 Å². The van der Waals surface area contributed by atoms with Gasteiger partial charge in [-0.05, 0) is 47.2 Å². The van der Waals surface area contributed by atoms with Crippen molar-refractivity contribution in [2.24, 2.45) is 0 Å². The molecule has 0 saturated carbocycles. The molecule has 3 aromatic rings. The number of hydrogen-bond donors (Lipinski definition) is 2. The zero-order valence-electron chi connectivity index (χ0n) is 22.2. The summed E-state index contributed by atoms with van der Waals surface area (Å²) >= 11 is 0. The van der Waals surface area contributed by atoms with Gasteiger partial charge in [0.2, 0.25) is 0 Å². The van der Waals surface area contributed by atoms with Crippen LogP contribution in [0.25, 0.3) is 0 Å². The molecule has 6 nitrogen and oxygen atoms in total. The Balaban J connectivity index is 1.89. The number of carbonyl (C=O) groups excluding carboxylic acids is 2. The molecule has 0 bridgehead atoms. The lowest BCUT2D eigenvalue weighted by molar-refractivity contribution is -0.138. The number of carbonyl (C=O) groups is 2. The molecular weight excluding hydrogens is 504 g/mol. The summed E-state index contributed by atoms with van der Waals surface area (Å²) in [4.78, 5) is 24.9. The van der Waals surface area contributed by atoms with Crippen molar-refractivity contribution in [3.05, 3.63) is 156 Å². The molecular formula is C34H32O6. The number of esters is 2. The van der Waals surface area contributed by atoms with Gasteiger partial charge >= 0.3 is 11.9 Å². The molecule has 2 atom stereocenters. The van der Waals surface area contributed by atoms with Crippen molar-refractivity contribution in [2.45, 2.75) is 24.0 Å². The topological polar surface area (TPSA) is 93.1 Å². The molecule has 3 aromatic carbocycles. The van der Waals surface area contributed by atoms with E-state index in [2.05, 4.69) is 13.2 Å². The fraction of sp³-hybridized carbons (Fsp3) is 0.176. The smallest absolute Gasteiger partial charge is 0.338 e. The van der Waals surface area contributed by atoms with Crippen molar-refractivity contribution in [3.8, 4) is 0 Å². The van der Waals surface area contributed by atoms with Crippen LogP contribution in [-0.2, 0) is 25.5 Å². The van der Waals surface area contributed by atoms with E-state index in [1.54, 1.807) is 84.9 Å². The first-order valence-corrected chi connectivity index (χ1v) is 13.0. The van der Waals surface area contributed by atoms with Crippen LogP contribution in [0.2, 0.25) is 0 Å². The SMILES string of the molecule is C=CCOC(=O)C1=CC=C(C(O)(c2ccccc2)C(O)(c2ccccc2)c2ccc(C(=O)OCC=C)cc2)CC1. The number of aliphatic hydroxyl groups is 2. The minimum absolute atomic E-state index is 0.0765. The van der Waals surface area contributed by atoms with Gasteiger partial charge in [0.1, 0.15) is 18.8 Å². The molecule has 6 heteroatoms. The number of hydrogen-bond acceptors (Lipinski definition) is 6. The van der Waals surface area contributed by atoms with E-state index >= 15 is 0 Å². The van der Waals surface area contributed by atoms with E-state index in [-0.39, 0.29) is 13.2 Å². The molecule has 0 aromatic heterocycles. The lowest BCUT2D eigenvalue weighted by atomic mass is 9.64. The third kappa shape index (κ3) is 5.45. The van der Waals surface area contributed by atoms with Crippen LogP contribution in [-0.4, -0.2) is 35.4 Å². The number of allylic oxidation sites excluding steroid dienone is 2. The normalized spacial score (nSPS) is 15.8. The Bertz CT molecular complexity index is 1420. The Labute approximate surface area is 234 Å². The van der Waals surface area contributed by atoms with Crippen molar-refractivity contribution < 1.29 is 29.3 Å². The summed E-state index contributed by atoms with van der Waals surface area (Å²) in [6.07, 6.45) is 6.90. The third-order valence-electron chi connectivity index (χ3n) is 6.99. The average molecular weight is 537 g/mol. The van der Waals surface area contributed by atoms with Crippen molar-refractivity contribution in [3.63, 3.8) is 0 Å². The van der Waals surface area contributed by atoms with Crippen LogP contribution in [0, 0.1) is 0 Å². The van der Waals surface area contributed by atoms with Gasteiger partial charge in [-0.15, -0.1) is 0 Å². The number of benzene rings is 3. The highest BCUT2D eigenvalue weighted by Crippen LogP contribution is 2.51. The van der Waals surface area contributed by atoms with Gasteiger partial charge in [-0.3, -0.25) is 0 Å². The first-order chi connectivity index (χ1) is 19.4. The number of ether oxygens (including phenoxy) is 2. The minimum Gasteiger partial charge on any atom is -0.458 e. The van der Waals surface area contributed by atoms with E-state index in [1.165, 1.54) is 12.2 Å². The van der Waals surface area contributed by atoms with Crippen LogP contribution in [0.5, 0.6) is 0 Å². The second kappa shape index (κ2) is 12.6. The number of rotatable bonds is 11. The fourth-order valence-electron chi connectivity index (χ4n) is 4.97. The highest BCUT2D eigenvalue weighted by molar-refractivity contribution is 5.90. The molecule has 0 fully saturated rings. The van der Waals surface area contributed by atoms with Crippen LogP contribution in [0.1, 0.15) is 39.9 Å². The van der Waals surface area contributed by atoms with Crippen molar-refractivity contribution in [2.75, 3.05) is 13.2 Å². The maximum atomic E-state index is 12.8. The molecule has 2 unspecified atom stereocenters. The van der Waals surface area contributed by atoms with Gasteiger partial charge in [-0.25, -0.2) is 9.59 Å². The van der Waals surface area contributed by atoms with Crippen LogP contribution < -0.4 is 0 Å². The summed E-state index contributed by atoms with van der Waals surface area (Å²) in [6.45, 7) is 7.31. The quantitative estimate of drug-likeness (QED) is 0.247. The van der Waals surface area contributed by atoms with E-state index in [0.29, 0.717) is 46.2 Å². The van der Waals surface area contributed by atoms with Crippen molar-refractivity contribution in [1.82, 2.24) is 0 Å².